The van der Waals surface area contributed by atoms with Gasteiger partial charge in [-0.3, -0.25) is 4.79 Å². The molecule has 0 aliphatic rings. The van der Waals surface area contributed by atoms with Crippen LogP contribution in [0, 0.1) is 6.92 Å². The molecule has 9 heteroatoms. The lowest BCUT2D eigenvalue weighted by Crippen LogP contribution is -2.20. The molecule has 1 amide bonds. The molecule has 180 valence electrons. The molecule has 0 bridgehead atoms. The van der Waals surface area contributed by atoms with Gasteiger partial charge in [-0.05, 0) is 57.2 Å². The number of carboxylic acids is 1. The topological polar surface area (TPSA) is 120 Å². The highest BCUT2D eigenvalue weighted by atomic mass is 16.5. The molecule has 3 aromatic rings. The molecule has 0 saturated carbocycles. The van der Waals surface area contributed by atoms with E-state index >= 15 is 0 Å². The van der Waals surface area contributed by atoms with Gasteiger partial charge < -0.3 is 29.1 Å². The summed E-state index contributed by atoms with van der Waals surface area (Å²) in [7, 11) is 1.58. The zero-order chi connectivity index (χ0) is 24.7. The number of aryl methyl sites for hydroxylation is 1. The van der Waals surface area contributed by atoms with E-state index in [1.807, 2.05) is 32.9 Å². The first-order valence-electron chi connectivity index (χ1n) is 10.8. The molecular formula is C25H28N2O7. The van der Waals surface area contributed by atoms with Crippen molar-refractivity contribution in [2.75, 3.05) is 19.0 Å². The van der Waals surface area contributed by atoms with Crippen LogP contribution in [0.2, 0.25) is 0 Å². The number of aromatic carboxylic acids is 1. The molecule has 0 aliphatic carbocycles. The number of furan rings is 1. The molecule has 9 nitrogen and oxygen atoms in total. The minimum absolute atomic E-state index is 0.0250. The molecule has 0 aliphatic heterocycles. The van der Waals surface area contributed by atoms with E-state index in [1.54, 1.807) is 25.3 Å². The summed E-state index contributed by atoms with van der Waals surface area (Å²) in [6.45, 7) is 6.02. The molecule has 0 fully saturated rings. The summed E-state index contributed by atoms with van der Waals surface area (Å²) in [6, 6.07) is 11.5. The number of methoxy groups -OCH3 is 1. The Balaban J connectivity index is 1.79. The molecule has 0 saturated heterocycles. The second-order valence-corrected chi connectivity index (χ2v) is 7.91. The Kier molecular flexibility index (Phi) is 8.26. The van der Waals surface area contributed by atoms with Crippen LogP contribution < -0.4 is 14.8 Å². The number of pyridine rings is 1. The first-order valence-corrected chi connectivity index (χ1v) is 10.8. The van der Waals surface area contributed by atoms with Crippen molar-refractivity contribution < 1.29 is 33.3 Å². The van der Waals surface area contributed by atoms with E-state index in [0.29, 0.717) is 30.1 Å². The standard InChI is InChI=1S/C25H28N2O7/c1-15-5-7-20(32-15)9-16(2)33-21-10-19(11-22(12-21)34-17(3)14-31-4)24(28)27-23-8-6-18(13-26-23)25(29)30/h5-8,10-13,16-17H,9,14H2,1-4H3,(H,29,30)(H,26,27,28)/t16-,17-/m0/s1. The number of hydrogen-bond acceptors (Lipinski definition) is 7. The Labute approximate surface area is 197 Å². The lowest BCUT2D eigenvalue weighted by molar-refractivity contribution is 0.0696. The monoisotopic (exact) mass is 468 g/mol. The predicted molar refractivity (Wildman–Crippen MR) is 125 cm³/mol. The molecule has 2 aromatic heterocycles. The van der Waals surface area contributed by atoms with Gasteiger partial charge in [0.1, 0.15) is 41.0 Å². The molecule has 34 heavy (non-hydrogen) atoms. The fourth-order valence-electron chi connectivity index (χ4n) is 3.27. The molecule has 2 atom stereocenters. The summed E-state index contributed by atoms with van der Waals surface area (Å²) < 4.78 is 22.7. The minimum atomic E-state index is -1.10. The van der Waals surface area contributed by atoms with E-state index in [-0.39, 0.29) is 23.6 Å². The smallest absolute Gasteiger partial charge is 0.337 e. The molecule has 0 unspecified atom stereocenters. The molecule has 2 heterocycles. The highest BCUT2D eigenvalue weighted by Gasteiger charge is 2.16. The van der Waals surface area contributed by atoms with Crippen LogP contribution in [0.1, 0.15) is 46.1 Å². The van der Waals surface area contributed by atoms with Crippen molar-refractivity contribution in [1.82, 2.24) is 4.98 Å². The normalized spacial score (nSPS) is 12.6. The average molecular weight is 469 g/mol. The summed E-state index contributed by atoms with van der Waals surface area (Å²) in [5.74, 6) is 1.21. The van der Waals surface area contributed by atoms with Gasteiger partial charge in [-0.15, -0.1) is 0 Å². The molecule has 1 aromatic carbocycles. The highest BCUT2D eigenvalue weighted by molar-refractivity contribution is 6.04. The summed E-state index contributed by atoms with van der Waals surface area (Å²) in [5.41, 5.74) is 0.319. The second-order valence-electron chi connectivity index (χ2n) is 7.91. The highest BCUT2D eigenvalue weighted by Crippen LogP contribution is 2.26. The number of aromatic nitrogens is 1. The van der Waals surface area contributed by atoms with Crippen LogP contribution in [-0.4, -0.2) is 47.9 Å². The third kappa shape index (κ3) is 7.08. The van der Waals surface area contributed by atoms with E-state index in [2.05, 4.69) is 10.3 Å². The van der Waals surface area contributed by atoms with Gasteiger partial charge in [-0.1, -0.05) is 0 Å². The summed E-state index contributed by atoms with van der Waals surface area (Å²) in [5, 5.41) is 11.7. The molecule has 2 N–H and O–H groups in total. The average Bonchev–Trinajstić information content (AvgIpc) is 3.18. The van der Waals surface area contributed by atoms with Crippen molar-refractivity contribution in [3.8, 4) is 11.5 Å². The zero-order valence-electron chi connectivity index (χ0n) is 19.5. The number of amides is 1. The van der Waals surface area contributed by atoms with Crippen molar-refractivity contribution in [3.05, 3.63) is 71.3 Å². The van der Waals surface area contributed by atoms with E-state index in [4.69, 9.17) is 23.7 Å². The Hall–Kier alpha value is -3.85. The number of anilines is 1. The summed E-state index contributed by atoms with van der Waals surface area (Å²) >= 11 is 0. The van der Waals surface area contributed by atoms with Gasteiger partial charge in [0.15, 0.2) is 0 Å². The number of carboxylic acid groups (broad SMARTS) is 1. The second kappa shape index (κ2) is 11.3. The van der Waals surface area contributed by atoms with Crippen LogP contribution in [0.3, 0.4) is 0 Å². The Morgan fingerprint density at radius 2 is 1.74 bits per heavy atom. The van der Waals surface area contributed by atoms with Crippen LogP contribution in [0.5, 0.6) is 11.5 Å². The number of carbonyl (C=O) groups excluding carboxylic acids is 1. The number of benzene rings is 1. The zero-order valence-corrected chi connectivity index (χ0v) is 19.5. The molecule has 0 spiro atoms. The number of rotatable bonds is 11. The molecule has 0 radical (unpaired) electrons. The summed E-state index contributed by atoms with van der Waals surface area (Å²) in [6.07, 6.45) is 1.26. The third-order valence-corrected chi connectivity index (χ3v) is 4.75. The Morgan fingerprint density at radius 1 is 1.03 bits per heavy atom. The maximum absolute atomic E-state index is 12.9. The van der Waals surface area contributed by atoms with E-state index in [9.17, 15) is 9.59 Å². The van der Waals surface area contributed by atoms with Gasteiger partial charge >= 0.3 is 5.97 Å². The van der Waals surface area contributed by atoms with Crippen molar-refractivity contribution in [1.29, 1.82) is 0 Å². The number of nitrogens with zero attached hydrogens (tertiary/aromatic N) is 1. The van der Waals surface area contributed by atoms with Crippen molar-refractivity contribution in [2.24, 2.45) is 0 Å². The Bertz CT molecular complexity index is 1120. The van der Waals surface area contributed by atoms with Crippen LogP contribution in [0.25, 0.3) is 0 Å². The molecule has 3 rings (SSSR count). The maximum Gasteiger partial charge on any atom is 0.337 e. The fourth-order valence-corrected chi connectivity index (χ4v) is 3.27. The van der Waals surface area contributed by atoms with Crippen molar-refractivity contribution >= 4 is 17.7 Å². The number of ether oxygens (including phenoxy) is 3. The van der Waals surface area contributed by atoms with E-state index in [0.717, 1.165) is 11.5 Å². The SMILES string of the molecule is COC[C@H](C)Oc1cc(O[C@@H](C)Cc2ccc(C)o2)cc(C(=O)Nc2ccc(C(=O)O)cn2)c1. The summed E-state index contributed by atoms with van der Waals surface area (Å²) in [4.78, 5) is 27.9. The maximum atomic E-state index is 12.9. The minimum Gasteiger partial charge on any atom is -0.490 e. The van der Waals surface area contributed by atoms with Gasteiger partial charge in [0.2, 0.25) is 0 Å². The van der Waals surface area contributed by atoms with Gasteiger partial charge in [-0.2, -0.15) is 0 Å². The van der Waals surface area contributed by atoms with E-state index in [1.165, 1.54) is 18.3 Å². The van der Waals surface area contributed by atoms with Gasteiger partial charge in [0.05, 0.1) is 12.2 Å². The lowest BCUT2D eigenvalue weighted by Gasteiger charge is -2.18. The third-order valence-electron chi connectivity index (χ3n) is 4.75. The quantitative estimate of drug-likeness (QED) is 0.426. The molecular weight excluding hydrogens is 440 g/mol. The van der Waals surface area contributed by atoms with Gasteiger partial charge in [0.25, 0.3) is 5.91 Å². The number of carbonyl (C=O) groups is 2. The fraction of sp³-hybridized carbons (Fsp3) is 0.320. The van der Waals surface area contributed by atoms with Crippen LogP contribution in [-0.2, 0) is 11.2 Å². The predicted octanol–water partition coefficient (Wildman–Crippen LogP) is 4.36. The number of nitrogens with one attached hydrogen (secondary N) is 1. The van der Waals surface area contributed by atoms with Gasteiger partial charge in [0, 0.05) is 31.4 Å². The van der Waals surface area contributed by atoms with Gasteiger partial charge in [-0.25, -0.2) is 9.78 Å². The van der Waals surface area contributed by atoms with Crippen LogP contribution in [0.15, 0.2) is 53.1 Å². The van der Waals surface area contributed by atoms with E-state index < -0.39 is 11.9 Å². The van der Waals surface area contributed by atoms with Crippen molar-refractivity contribution in [3.63, 3.8) is 0 Å². The van der Waals surface area contributed by atoms with Crippen LogP contribution >= 0.6 is 0 Å². The number of hydrogen-bond donors (Lipinski definition) is 2. The lowest BCUT2D eigenvalue weighted by atomic mass is 10.1. The van der Waals surface area contributed by atoms with Crippen LogP contribution in [0.4, 0.5) is 5.82 Å². The Morgan fingerprint density at radius 3 is 2.29 bits per heavy atom. The largest absolute Gasteiger partial charge is 0.490 e. The first kappa shape index (κ1) is 24.8. The first-order chi connectivity index (χ1) is 16.2. The van der Waals surface area contributed by atoms with Crippen molar-refractivity contribution in [2.45, 2.75) is 39.4 Å².